The molecule has 0 unspecified atom stereocenters. The fourth-order valence-corrected chi connectivity index (χ4v) is 0.741. The molecule has 0 saturated carbocycles. The van der Waals surface area contributed by atoms with Crippen LogP contribution in [0.5, 0.6) is 0 Å². The number of hydrogen-bond acceptors (Lipinski definition) is 2. The lowest BCUT2D eigenvalue weighted by Gasteiger charge is -2.05. The molecule has 0 fully saturated rings. The molecule has 7 heavy (non-hydrogen) atoms. The van der Waals surface area contributed by atoms with Gasteiger partial charge < -0.3 is 4.90 Å². The molecule has 1 radical (unpaired) electrons. The first-order valence-electron chi connectivity index (χ1n) is 2.29. The predicted molar refractivity (Wildman–Crippen MR) is 36.4 cm³/mol. The fourth-order valence-electron chi connectivity index (χ4n) is 0.247. The van der Waals surface area contributed by atoms with E-state index >= 15 is 0 Å². The van der Waals surface area contributed by atoms with Crippen LogP contribution in [-0.2, 0) is 0 Å². The summed E-state index contributed by atoms with van der Waals surface area (Å²) in [5.41, 5.74) is 0. The highest BCUT2D eigenvalue weighted by Crippen LogP contribution is 1.92. The van der Waals surface area contributed by atoms with Crippen molar-refractivity contribution in [2.45, 2.75) is 0 Å². The van der Waals surface area contributed by atoms with Crippen LogP contribution in [-0.4, -0.2) is 31.3 Å². The maximum Gasteiger partial charge on any atom is 0.00662 e. The normalized spacial score (nSPS) is 10.3. The summed E-state index contributed by atoms with van der Waals surface area (Å²) in [5.74, 6) is 1.13. The lowest BCUT2D eigenvalue weighted by Crippen LogP contribution is -2.14. The molecule has 0 bridgehead atoms. The van der Waals surface area contributed by atoms with Gasteiger partial charge in [-0.25, -0.2) is 0 Å². The Morgan fingerprint density at radius 3 is 2.29 bits per heavy atom. The topological polar surface area (TPSA) is 3.24 Å². The molecule has 0 spiro atoms. The molecule has 0 atom stereocenters. The molecule has 0 rings (SSSR count). The first-order valence-corrected chi connectivity index (χ1v) is 3.44. The van der Waals surface area contributed by atoms with E-state index < -0.39 is 0 Å². The summed E-state index contributed by atoms with van der Waals surface area (Å²) in [5, 5.41) is 0. The van der Waals surface area contributed by atoms with E-state index in [2.05, 4.69) is 25.3 Å². The van der Waals surface area contributed by atoms with E-state index in [1.54, 1.807) is 11.8 Å². The van der Waals surface area contributed by atoms with Crippen molar-refractivity contribution in [2.75, 3.05) is 26.4 Å². The van der Waals surface area contributed by atoms with Gasteiger partial charge in [0.2, 0.25) is 0 Å². The van der Waals surface area contributed by atoms with E-state index in [1.165, 1.54) is 0 Å². The highest BCUT2D eigenvalue weighted by Gasteiger charge is 1.84. The Morgan fingerprint density at radius 2 is 2.14 bits per heavy atom. The molecule has 0 aromatic rings. The van der Waals surface area contributed by atoms with Crippen molar-refractivity contribution in [3.63, 3.8) is 0 Å². The van der Waals surface area contributed by atoms with Crippen molar-refractivity contribution in [3.05, 3.63) is 6.26 Å². The van der Waals surface area contributed by atoms with E-state index in [9.17, 15) is 0 Å². The Hall–Kier alpha value is 0.310. The first-order chi connectivity index (χ1) is 3.27. The van der Waals surface area contributed by atoms with Crippen molar-refractivity contribution < 1.29 is 0 Å². The molecule has 43 valence electrons. The molecule has 0 aromatic carbocycles. The fraction of sp³-hybridized carbons (Fsp3) is 0.800. The van der Waals surface area contributed by atoms with Gasteiger partial charge in [-0.3, -0.25) is 0 Å². The van der Waals surface area contributed by atoms with Crippen molar-refractivity contribution in [1.82, 2.24) is 4.90 Å². The maximum absolute atomic E-state index is 3.65. The summed E-state index contributed by atoms with van der Waals surface area (Å²) in [7, 11) is 4.13. The van der Waals surface area contributed by atoms with Gasteiger partial charge in [-0.05, 0) is 14.1 Å². The van der Waals surface area contributed by atoms with Crippen molar-refractivity contribution >= 4 is 11.8 Å². The van der Waals surface area contributed by atoms with Crippen LogP contribution in [0.25, 0.3) is 0 Å². The van der Waals surface area contributed by atoms with E-state index in [4.69, 9.17) is 0 Å². The maximum atomic E-state index is 3.65. The van der Waals surface area contributed by atoms with Crippen LogP contribution in [0.1, 0.15) is 0 Å². The van der Waals surface area contributed by atoms with Gasteiger partial charge in [-0.2, -0.15) is 11.8 Å². The van der Waals surface area contributed by atoms with Crippen LogP contribution in [0, 0.1) is 6.26 Å². The lowest BCUT2D eigenvalue weighted by molar-refractivity contribution is 0.437. The van der Waals surface area contributed by atoms with Gasteiger partial charge in [-0.1, -0.05) is 0 Å². The summed E-state index contributed by atoms with van der Waals surface area (Å²) in [6, 6.07) is 0. The van der Waals surface area contributed by atoms with Crippen LogP contribution in [0.3, 0.4) is 0 Å². The smallest absolute Gasteiger partial charge is 0.00662 e. The SMILES string of the molecule is [CH2]SCCN(C)C. The first kappa shape index (κ1) is 7.31. The predicted octanol–water partition coefficient (Wildman–Crippen LogP) is 1.07. The highest BCUT2D eigenvalue weighted by molar-refractivity contribution is 8.00. The van der Waals surface area contributed by atoms with Gasteiger partial charge in [0, 0.05) is 18.6 Å². The molecular weight excluding hydrogens is 106 g/mol. The summed E-state index contributed by atoms with van der Waals surface area (Å²) in [6.45, 7) is 1.13. The lowest BCUT2D eigenvalue weighted by atomic mass is 10.7. The molecule has 0 N–H and O–H groups in total. The van der Waals surface area contributed by atoms with Gasteiger partial charge in [0.05, 0.1) is 0 Å². The Balaban J connectivity index is 2.68. The third-order valence-corrected chi connectivity index (χ3v) is 1.15. The molecule has 0 aromatic heterocycles. The van der Waals surface area contributed by atoms with Gasteiger partial charge in [0.15, 0.2) is 0 Å². The minimum atomic E-state index is 1.13. The second-order valence-electron chi connectivity index (χ2n) is 1.71. The molecule has 0 amide bonds. The molecule has 0 heterocycles. The summed E-state index contributed by atoms with van der Waals surface area (Å²) >= 11 is 1.64. The Labute approximate surface area is 50.1 Å². The minimum Gasteiger partial charge on any atom is -0.309 e. The largest absolute Gasteiger partial charge is 0.309 e. The number of rotatable bonds is 3. The van der Waals surface area contributed by atoms with Crippen LogP contribution < -0.4 is 0 Å². The zero-order valence-electron chi connectivity index (χ0n) is 4.98. The van der Waals surface area contributed by atoms with Crippen LogP contribution >= 0.6 is 11.8 Å². The second-order valence-corrected chi connectivity index (χ2v) is 2.53. The summed E-state index contributed by atoms with van der Waals surface area (Å²) < 4.78 is 0. The van der Waals surface area contributed by atoms with Gasteiger partial charge in [-0.15, -0.1) is 0 Å². The number of nitrogens with zero attached hydrogens (tertiary/aromatic N) is 1. The van der Waals surface area contributed by atoms with Crippen molar-refractivity contribution in [2.24, 2.45) is 0 Å². The van der Waals surface area contributed by atoms with Crippen molar-refractivity contribution in [1.29, 1.82) is 0 Å². The zero-order chi connectivity index (χ0) is 5.70. The van der Waals surface area contributed by atoms with Gasteiger partial charge in [0.1, 0.15) is 0 Å². The third kappa shape index (κ3) is 6.31. The molecular formula is C5H12NS. The van der Waals surface area contributed by atoms with Crippen molar-refractivity contribution in [3.8, 4) is 0 Å². The van der Waals surface area contributed by atoms with Crippen LogP contribution in [0.4, 0.5) is 0 Å². The average molecular weight is 118 g/mol. The summed E-state index contributed by atoms with van der Waals surface area (Å²) in [6.07, 6.45) is 3.65. The monoisotopic (exact) mass is 118 g/mol. The third-order valence-electron chi connectivity index (χ3n) is 0.683. The minimum absolute atomic E-state index is 1.13. The molecule has 2 heteroatoms. The van der Waals surface area contributed by atoms with Crippen LogP contribution in [0.15, 0.2) is 0 Å². The zero-order valence-corrected chi connectivity index (χ0v) is 5.79. The standard InChI is InChI=1S/C5H12NS/c1-6(2)4-5-7-3/h3-5H2,1-2H3. The van der Waals surface area contributed by atoms with Gasteiger partial charge in [0.25, 0.3) is 0 Å². The Kier molecular flexibility index (Phi) is 4.67. The van der Waals surface area contributed by atoms with E-state index in [0.717, 1.165) is 12.3 Å². The molecule has 0 aliphatic carbocycles. The van der Waals surface area contributed by atoms with Crippen LogP contribution in [0.2, 0.25) is 0 Å². The quantitative estimate of drug-likeness (QED) is 0.545. The molecule has 0 aliphatic rings. The molecule has 0 saturated heterocycles. The summed E-state index contributed by atoms with van der Waals surface area (Å²) in [4.78, 5) is 2.15. The average Bonchev–Trinajstić information content (AvgIpc) is 1.61. The van der Waals surface area contributed by atoms with E-state index in [-0.39, 0.29) is 0 Å². The number of thioether (sulfide) groups is 1. The number of hydrogen-bond donors (Lipinski definition) is 0. The Bertz CT molecular complexity index is 37.1. The molecule has 1 nitrogen and oxygen atoms in total. The van der Waals surface area contributed by atoms with Gasteiger partial charge >= 0.3 is 0 Å². The van der Waals surface area contributed by atoms with E-state index in [0.29, 0.717) is 0 Å². The Morgan fingerprint density at radius 1 is 1.57 bits per heavy atom. The molecule has 0 aliphatic heterocycles. The second kappa shape index (κ2) is 4.47. The highest BCUT2D eigenvalue weighted by atomic mass is 32.2. The van der Waals surface area contributed by atoms with E-state index in [1.807, 2.05) is 0 Å².